The molecule has 0 fully saturated rings. The van der Waals surface area contributed by atoms with Crippen molar-refractivity contribution in [1.82, 2.24) is 5.32 Å². The largest absolute Gasteiger partial charge is 0.319 e. The first-order valence-corrected chi connectivity index (χ1v) is 8.05. The Bertz CT molecular complexity index is 598. The highest BCUT2D eigenvalue weighted by Crippen LogP contribution is 2.25. The summed E-state index contributed by atoms with van der Waals surface area (Å²) in [4.78, 5) is 0. The number of nitrogens with one attached hydrogen (secondary N) is 1. The van der Waals surface area contributed by atoms with Crippen molar-refractivity contribution in [3.8, 4) is 0 Å². The normalized spacial score (nSPS) is 12.4. The van der Waals surface area contributed by atoms with Crippen molar-refractivity contribution in [3.63, 3.8) is 0 Å². The van der Waals surface area contributed by atoms with E-state index in [9.17, 15) is 0 Å². The maximum Gasteiger partial charge on any atom is 0.0595 e. The lowest BCUT2D eigenvalue weighted by molar-refractivity contribution is 0.493. The predicted molar refractivity (Wildman–Crippen MR) is 92.7 cm³/mol. The van der Waals surface area contributed by atoms with Crippen LogP contribution < -0.4 is 5.32 Å². The first kappa shape index (κ1) is 16.6. The minimum absolute atomic E-state index is 0.451. The molecule has 0 amide bonds. The van der Waals surface area contributed by atoms with Crippen LogP contribution in [0.25, 0.3) is 0 Å². The molecule has 21 heavy (non-hydrogen) atoms. The van der Waals surface area contributed by atoms with E-state index in [1.807, 2.05) is 43.4 Å². The number of hydrogen-bond donors (Lipinski definition) is 1. The van der Waals surface area contributed by atoms with Crippen LogP contribution in [-0.4, -0.2) is 13.6 Å². The van der Waals surface area contributed by atoms with Crippen molar-refractivity contribution in [1.29, 1.82) is 0 Å². The molecule has 4 heteroatoms. The van der Waals surface area contributed by atoms with Gasteiger partial charge in [0.05, 0.1) is 10.0 Å². The highest BCUT2D eigenvalue weighted by Gasteiger charge is 2.13. The zero-order valence-corrected chi connectivity index (χ0v) is 14.1. The van der Waals surface area contributed by atoms with Crippen molar-refractivity contribution < 1.29 is 0 Å². The van der Waals surface area contributed by atoms with Crippen LogP contribution in [0.3, 0.4) is 0 Å². The first-order chi connectivity index (χ1) is 10.1. The Labute approximate surface area is 141 Å². The van der Waals surface area contributed by atoms with Crippen molar-refractivity contribution >= 4 is 34.8 Å². The van der Waals surface area contributed by atoms with E-state index in [2.05, 4.69) is 11.4 Å². The van der Waals surface area contributed by atoms with Crippen molar-refractivity contribution in [2.24, 2.45) is 5.92 Å². The molecular formula is C17H18Cl3N. The summed E-state index contributed by atoms with van der Waals surface area (Å²) >= 11 is 18.3. The van der Waals surface area contributed by atoms with Gasteiger partial charge in [-0.3, -0.25) is 0 Å². The van der Waals surface area contributed by atoms with Gasteiger partial charge in [-0.2, -0.15) is 0 Å². The molecule has 1 unspecified atom stereocenters. The average molecular weight is 343 g/mol. The third-order valence-corrected chi connectivity index (χ3v) is 4.58. The second-order valence-electron chi connectivity index (χ2n) is 5.17. The molecule has 1 nitrogen and oxygen atoms in total. The van der Waals surface area contributed by atoms with Crippen molar-refractivity contribution in [2.75, 3.05) is 13.6 Å². The molecule has 0 aromatic heterocycles. The summed E-state index contributed by atoms with van der Waals surface area (Å²) in [5.41, 5.74) is 2.37. The molecule has 2 rings (SSSR count). The summed E-state index contributed by atoms with van der Waals surface area (Å²) in [6.45, 7) is 0.922. The Morgan fingerprint density at radius 1 is 0.905 bits per heavy atom. The minimum Gasteiger partial charge on any atom is -0.319 e. The lowest BCUT2D eigenvalue weighted by Gasteiger charge is -2.18. The Kier molecular flexibility index (Phi) is 6.38. The van der Waals surface area contributed by atoms with Gasteiger partial charge in [0.2, 0.25) is 0 Å². The molecule has 0 aliphatic heterocycles. The van der Waals surface area contributed by atoms with Gasteiger partial charge in [-0.25, -0.2) is 0 Å². The van der Waals surface area contributed by atoms with Crippen LogP contribution in [0.5, 0.6) is 0 Å². The van der Waals surface area contributed by atoms with E-state index in [0.29, 0.717) is 16.0 Å². The molecular weight excluding hydrogens is 325 g/mol. The molecule has 0 heterocycles. The number of halogens is 3. The van der Waals surface area contributed by atoms with Crippen LogP contribution in [0.4, 0.5) is 0 Å². The third kappa shape index (κ3) is 4.89. The van der Waals surface area contributed by atoms with Crippen LogP contribution in [0.2, 0.25) is 15.1 Å². The van der Waals surface area contributed by atoms with Gasteiger partial charge in [-0.1, -0.05) is 59.1 Å². The highest BCUT2D eigenvalue weighted by atomic mass is 35.5. The fourth-order valence-corrected chi connectivity index (χ4v) is 3.01. The van der Waals surface area contributed by atoms with Crippen LogP contribution in [0.15, 0.2) is 42.5 Å². The maximum absolute atomic E-state index is 6.26. The van der Waals surface area contributed by atoms with Gasteiger partial charge in [0.25, 0.3) is 0 Å². The second-order valence-corrected chi connectivity index (χ2v) is 6.39. The summed E-state index contributed by atoms with van der Waals surface area (Å²) in [5.74, 6) is 0.451. The van der Waals surface area contributed by atoms with Crippen LogP contribution in [0, 0.1) is 5.92 Å². The molecule has 0 saturated carbocycles. The zero-order chi connectivity index (χ0) is 15.2. The summed E-state index contributed by atoms with van der Waals surface area (Å²) < 4.78 is 0. The molecule has 2 aromatic rings. The van der Waals surface area contributed by atoms with E-state index in [1.54, 1.807) is 0 Å². The zero-order valence-electron chi connectivity index (χ0n) is 11.9. The maximum atomic E-state index is 6.26. The molecule has 112 valence electrons. The van der Waals surface area contributed by atoms with E-state index >= 15 is 0 Å². The molecule has 0 saturated heterocycles. The van der Waals surface area contributed by atoms with Crippen LogP contribution in [0.1, 0.15) is 11.1 Å². The predicted octanol–water partition coefficient (Wildman–Crippen LogP) is 5.27. The van der Waals surface area contributed by atoms with E-state index in [1.165, 1.54) is 11.1 Å². The Morgan fingerprint density at radius 3 is 2.33 bits per heavy atom. The van der Waals surface area contributed by atoms with E-state index in [4.69, 9.17) is 34.8 Å². The van der Waals surface area contributed by atoms with Gasteiger partial charge < -0.3 is 5.32 Å². The smallest absolute Gasteiger partial charge is 0.0595 e. The lowest BCUT2D eigenvalue weighted by atomic mass is 9.92. The molecule has 0 aliphatic carbocycles. The number of hydrogen-bond acceptors (Lipinski definition) is 1. The second kappa shape index (κ2) is 8.05. The third-order valence-electron chi connectivity index (χ3n) is 3.47. The first-order valence-electron chi connectivity index (χ1n) is 6.92. The van der Waals surface area contributed by atoms with Crippen LogP contribution >= 0.6 is 34.8 Å². The van der Waals surface area contributed by atoms with E-state index in [-0.39, 0.29) is 0 Å². The molecule has 0 spiro atoms. The minimum atomic E-state index is 0.451. The summed E-state index contributed by atoms with van der Waals surface area (Å²) in [7, 11) is 1.97. The molecule has 0 aliphatic rings. The standard InChI is InChI=1S/C17H18Cl3N/c1-21-11-13(9-14-4-2-3-5-15(14)18)8-12-6-7-16(19)17(20)10-12/h2-7,10,13,21H,8-9,11H2,1H3. The topological polar surface area (TPSA) is 12.0 Å². The fourth-order valence-electron chi connectivity index (χ4n) is 2.48. The summed E-state index contributed by atoms with van der Waals surface area (Å²) in [5, 5.41) is 5.28. The van der Waals surface area contributed by atoms with Gasteiger partial charge in [-0.15, -0.1) is 0 Å². The Hall–Kier alpha value is -0.730. The van der Waals surface area contributed by atoms with Crippen molar-refractivity contribution in [2.45, 2.75) is 12.8 Å². The van der Waals surface area contributed by atoms with Crippen LogP contribution in [-0.2, 0) is 12.8 Å². The molecule has 1 atom stereocenters. The molecule has 1 N–H and O–H groups in total. The fraction of sp³-hybridized carbons (Fsp3) is 0.294. The molecule has 0 radical (unpaired) electrons. The van der Waals surface area contributed by atoms with Gasteiger partial charge in [0.15, 0.2) is 0 Å². The van der Waals surface area contributed by atoms with Gasteiger partial charge in [0.1, 0.15) is 0 Å². The van der Waals surface area contributed by atoms with Gasteiger partial charge in [0, 0.05) is 5.02 Å². The number of rotatable bonds is 6. The van der Waals surface area contributed by atoms with E-state index in [0.717, 1.165) is 24.4 Å². The van der Waals surface area contributed by atoms with E-state index < -0.39 is 0 Å². The molecule has 2 aromatic carbocycles. The highest BCUT2D eigenvalue weighted by molar-refractivity contribution is 6.42. The Morgan fingerprint density at radius 2 is 1.67 bits per heavy atom. The Balaban J connectivity index is 2.11. The number of benzene rings is 2. The molecule has 0 bridgehead atoms. The van der Waals surface area contributed by atoms with Gasteiger partial charge in [-0.05, 0) is 61.7 Å². The lowest BCUT2D eigenvalue weighted by Crippen LogP contribution is -2.23. The quantitative estimate of drug-likeness (QED) is 0.754. The average Bonchev–Trinajstić information content (AvgIpc) is 2.46. The SMILES string of the molecule is CNCC(Cc1ccc(Cl)c(Cl)c1)Cc1ccccc1Cl. The monoisotopic (exact) mass is 341 g/mol. The summed E-state index contributed by atoms with van der Waals surface area (Å²) in [6, 6.07) is 13.8. The van der Waals surface area contributed by atoms with Gasteiger partial charge >= 0.3 is 0 Å². The van der Waals surface area contributed by atoms with Crippen molar-refractivity contribution in [3.05, 3.63) is 68.7 Å². The summed E-state index contributed by atoms with van der Waals surface area (Å²) in [6.07, 6.45) is 1.86.